The Balaban J connectivity index is 1.61. The first-order valence-corrected chi connectivity index (χ1v) is 8.92. The molecule has 0 radical (unpaired) electrons. The minimum atomic E-state index is 0.555. The molecule has 0 saturated carbocycles. The topological polar surface area (TPSA) is 98.1 Å². The fourth-order valence-corrected chi connectivity index (χ4v) is 3.10. The van der Waals surface area contributed by atoms with Crippen LogP contribution in [0.15, 0.2) is 42.7 Å². The number of aromatic amines is 1. The van der Waals surface area contributed by atoms with Gasteiger partial charge >= 0.3 is 0 Å². The van der Waals surface area contributed by atoms with E-state index in [0.717, 1.165) is 47.7 Å². The highest BCUT2D eigenvalue weighted by Crippen LogP contribution is 2.29. The van der Waals surface area contributed by atoms with Crippen LogP contribution in [-0.2, 0) is 13.0 Å². The first kappa shape index (κ1) is 17.0. The molecular formula is C19H20N8. The molecule has 4 aromatic rings. The molecule has 0 spiro atoms. The second-order valence-electron chi connectivity index (χ2n) is 6.33. The zero-order valence-electron chi connectivity index (χ0n) is 15.3. The van der Waals surface area contributed by atoms with Crippen LogP contribution >= 0.6 is 0 Å². The zero-order chi connectivity index (χ0) is 18.6. The SMILES string of the molecule is CCCn1nc(C)nc1Cc1ccc(-c2cnccc2-c2nn[nH]n2)cc1. The van der Waals surface area contributed by atoms with Gasteiger partial charge in [0, 0.05) is 36.5 Å². The molecule has 0 saturated heterocycles. The predicted molar refractivity (Wildman–Crippen MR) is 101 cm³/mol. The molecule has 4 rings (SSSR count). The molecule has 0 amide bonds. The molecule has 0 atom stereocenters. The summed E-state index contributed by atoms with van der Waals surface area (Å²) in [7, 11) is 0. The third-order valence-corrected chi connectivity index (χ3v) is 4.32. The number of rotatable bonds is 6. The molecule has 1 aromatic carbocycles. The molecule has 8 heteroatoms. The maximum Gasteiger partial charge on any atom is 0.205 e. The van der Waals surface area contributed by atoms with E-state index in [4.69, 9.17) is 0 Å². The van der Waals surface area contributed by atoms with Crippen LogP contribution in [0.25, 0.3) is 22.5 Å². The van der Waals surface area contributed by atoms with Crippen molar-refractivity contribution < 1.29 is 0 Å². The van der Waals surface area contributed by atoms with E-state index in [0.29, 0.717) is 5.82 Å². The summed E-state index contributed by atoms with van der Waals surface area (Å²) in [5.41, 5.74) is 4.10. The number of H-pyrrole nitrogens is 1. The number of hydrogen-bond donors (Lipinski definition) is 1. The Kier molecular flexibility index (Phi) is 4.69. The summed E-state index contributed by atoms with van der Waals surface area (Å²) in [5, 5.41) is 18.8. The van der Waals surface area contributed by atoms with Gasteiger partial charge in [0.2, 0.25) is 5.82 Å². The van der Waals surface area contributed by atoms with Crippen molar-refractivity contribution in [2.45, 2.75) is 33.2 Å². The van der Waals surface area contributed by atoms with Crippen molar-refractivity contribution >= 4 is 0 Å². The third-order valence-electron chi connectivity index (χ3n) is 4.32. The summed E-state index contributed by atoms with van der Waals surface area (Å²) in [5.74, 6) is 2.37. The molecule has 27 heavy (non-hydrogen) atoms. The molecule has 0 fully saturated rings. The molecule has 0 aliphatic heterocycles. The summed E-state index contributed by atoms with van der Waals surface area (Å²) >= 11 is 0. The molecular weight excluding hydrogens is 340 g/mol. The predicted octanol–water partition coefficient (Wildman–Crippen LogP) is 2.83. The molecule has 0 bridgehead atoms. The smallest absolute Gasteiger partial charge is 0.205 e. The van der Waals surface area contributed by atoms with Crippen LogP contribution in [0.3, 0.4) is 0 Å². The Bertz CT molecular complexity index is 1020. The number of benzene rings is 1. The molecule has 0 unspecified atom stereocenters. The lowest BCUT2D eigenvalue weighted by Crippen LogP contribution is -2.06. The Morgan fingerprint density at radius 2 is 1.93 bits per heavy atom. The quantitative estimate of drug-likeness (QED) is 0.568. The van der Waals surface area contributed by atoms with E-state index < -0.39 is 0 Å². The second-order valence-corrected chi connectivity index (χ2v) is 6.33. The molecule has 0 aliphatic rings. The highest BCUT2D eigenvalue weighted by atomic mass is 15.5. The van der Waals surface area contributed by atoms with E-state index in [-0.39, 0.29) is 0 Å². The van der Waals surface area contributed by atoms with Crippen LogP contribution in [0, 0.1) is 6.92 Å². The molecule has 3 heterocycles. The average molecular weight is 360 g/mol. The zero-order valence-corrected chi connectivity index (χ0v) is 15.3. The first-order chi connectivity index (χ1) is 13.2. The minimum Gasteiger partial charge on any atom is -0.264 e. The maximum absolute atomic E-state index is 4.57. The number of tetrazole rings is 1. The van der Waals surface area contributed by atoms with Gasteiger partial charge in [0.15, 0.2) is 0 Å². The van der Waals surface area contributed by atoms with E-state index in [1.54, 1.807) is 6.20 Å². The lowest BCUT2D eigenvalue weighted by Gasteiger charge is -2.08. The number of pyridine rings is 1. The van der Waals surface area contributed by atoms with Gasteiger partial charge in [-0.1, -0.05) is 31.2 Å². The molecule has 1 N–H and O–H groups in total. The summed E-state index contributed by atoms with van der Waals surface area (Å²) < 4.78 is 2.00. The normalized spacial score (nSPS) is 11.0. The van der Waals surface area contributed by atoms with Gasteiger partial charge in [0.05, 0.1) is 0 Å². The van der Waals surface area contributed by atoms with Crippen LogP contribution < -0.4 is 0 Å². The van der Waals surface area contributed by atoms with E-state index in [9.17, 15) is 0 Å². The van der Waals surface area contributed by atoms with Crippen LogP contribution in [0.4, 0.5) is 0 Å². The van der Waals surface area contributed by atoms with Gasteiger partial charge in [-0.15, -0.1) is 10.2 Å². The molecule has 136 valence electrons. The van der Waals surface area contributed by atoms with Gasteiger partial charge in [0.1, 0.15) is 11.6 Å². The monoisotopic (exact) mass is 360 g/mol. The van der Waals surface area contributed by atoms with Crippen molar-refractivity contribution in [2.75, 3.05) is 0 Å². The van der Waals surface area contributed by atoms with Crippen LogP contribution in [0.1, 0.15) is 30.6 Å². The van der Waals surface area contributed by atoms with Crippen LogP contribution in [0.2, 0.25) is 0 Å². The Morgan fingerprint density at radius 1 is 1.07 bits per heavy atom. The molecule has 0 aliphatic carbocycles. The molecule has 3 aromatic heterocycles. The number of nitrogens with one attached hydrogen (secondary N) is 1. The van der Waals surface area contributed by atoms with E-state index in [1.165, 1.54) is 5.56 Å². The fraction of sp³-hybridized carbons (Fsp3) is 0.263. The summed E-state index contributed by atoms with van der Waals surface area (Å²) in [6, 6.07) is 10.3. The second kappa shape index (κ2) is 7.45. The Hall–Kier alpha value is -3.42. The largest absolute Gasteiger partial charge is 0.264 e. The summed E-state index contributed by atoms with van der Waals surface area (Å²) in [4.78, 5) is 8.82. The lowest BCUT2D eigenvalue weighted by molar-refractivity contribution is 0.573. The number of nitrogens with zero attached hydrogens (tertiary/aromatic N) is 7. The van der Waals surface area contributed by atoms with Gasteiger partial charge in [0.25, 0.3) is 0 Å². The van der Waals surface area contributed by atoms with Crippen LogP contribution in [-0.4, -0.2) is 40.4 Å². The summed E-state index contributed by atoms with van der Waals surface area (Å²) in [6.07, 6.45) is 5.34. The van der Waals surface area contributed by atoms with Gasteiger partial charge in [-0.05, 0) is 35.8 Å². The number of aromatic nitrogens is 8. The maximum atomic E-state index is 4.57. The van der Waals surface area contributed by atoms with Crippen LogP contribution in [0.5, 0.6) is 0 Å². The number of aryl methyl sites for hydroxylation is 2. The highest BCUT2D eigenvalue weighted by Gasteiger charge is 2.12. The Morgan fingerprint density at radius 3 is 2.67 bits per heavy atom. The number of hydrogen-bond acceptors (Lipinski definition) is 6. The van der Waals surface area contributed by atoms with Crippen molar-refractivity contribution in [3.05, 3.63) is 59.9 Å². The van der Waals surface area contributed by atoms with E-state index in [1.807, 2.05) is 23.9 Å². The van der Waals surface area contributed by atoms with Crippen molar-refractivity contribution in [2.24, 2.45) is 0 Å². The standard InChI is InChI=1S/C19H20N8/c1-3-10-27-18(21-13(2)24-27)11-14-4-6-15(7-5-14)17-12-20-9-8-16(17)19-22-25-26-23-19/h4-9,12H,3,10-11H2,1-2H3,(H,22,23,25,26). The van der Waals surface area contributed by atoms with Crippen molar-refractivity contribution in [1.29, 1.82) is 0 Å². The minimum absolute atomic E-state index is 0.555. The van der Waals surface area contributed by atoms with Gasteiger partial charge < -0.3 is 0 Å². The lowest BCUT2D eigenvalue weighted by atomic mass is 9.99. The van der Waals surface area contributed by atoms with Crippen molar-refractivity contribution in [3.8, 4) is 22.5 Å². The first-order valence-electron chi connectivity index (χ1n) is 8.92. The average Bonchev–Trinajstić information content (AvgIpc) is 3.33. The molecule has 8 nitrogen and oxygen atoms in total. The third kappa shape index (κ3) is 3.59. The Labute approximate surface area is 156 Å². The van der Waals surface area contributed by atoms with Gasteiger partial charge in [-0.3, -0.25) is 4.98 Å². The van der Waals surface area contributed by atoms with Gasteiger partial charge in [-0.25, -0.2) is 9.67 Å². The summed E-state index contributed by atoms with van der Waals surface area (Å²) in [6.45, 7) is 4.96. The van der Waals surface area contributed by atoms with E-state index in [2.05, 4.69) is 66.9 Å². The fourth-order valence-electron chi connectivity index (χ4n) is 3.10. The highest BCUT2D eigenvalue weighted by molar-refractivity contribution is 5.79. The van der Waals surface area contributed by atoms with Gasteiger partial charge in [-0.2, -0.15) is 10.3 Å². The van der Waals surface area contributed by atoms with Crippen molar-refractivity contribution in [3.63, 3.8) is 0 Å². The van der Waals surface area contributed by atoms with E-state index >= 15 is 0 Å². The van der Waals surface area contributed by atoms with Crippen molar-refractivity contribution in [1.82, 2.24) is 40.4 Å².